The standard InChI is InChI=1S/C8H10N/c1-7-4-2-3-5-8(7)6-9/h3-5H,6,9H2,1H3. The van der Waals surface area contributed by atoms with Gasteiger partial charge in [-0.3, -0.25) is 0 Å². The molecule has 0 aliphatic heterocycles. The van der Waals surface area contributed by atoms with Crippen LogP contribution in [0.15, 0.2) is 18.2 Å². The highest BCUT2D eigenvalue weighted by Gasteiger charge is 1.90. The molecule has 1 rings (SSSR count). The van der Waals surface area contributed by atoms with Crippen LogP contribution >= 0.6 is 0 Å². The van der Waals surface area contributed by atoms with Crippen molar-refractivity contribution < 1.29 is 0 Å². The first-order chi connectivity index (χ1) is 4.34. The van der Waals surface area contributed by atoms with Crippen molar-refractivity contribution in [3.8, 4) is 0 Å². The highest BCUT2D eigenvalue weighted by Crippen LogP contribution is 2.03. The second kappa shape index (κ2) is 2.65. The van der Waals surface area contributed by atoms with Crippen LogP contribution in [-0.4, -0.2) is 0 Å². The van der Waals surface area contributed by atoms with E-state index in [-0.39, 0.29) is 0 Å². The molecule has 1 heteroatoms. The van der Waals surface area contributed by atoms with Crippen molar-refractivity contribution in [3.05, 3.63) is 35.4 Å². The van der Waals surface area contributed by atoms with Gasteiger partial charge in [-0.05, 0) is 24.1 Å². The number of aryl methyl sites for hydroxylation is 1. The third-order valence-electron chi connectivity index (χ3n) is 1.41. The minimum Gasteiger partial charge on any atom is -0.326 e. The van der Waals surface area contributed by atoms with Gasteiger partial charge in [0.1, 0.15) is 0 Å². The van der Waals surface area contributed by atoms with Crippen molar-refractivity contribution in [2.45, 2.75) is 13.5 Å². The predicted octanol–water partition coefficient (Wildman–Crippen LogP) is 1.25. The molecular formula is C8H10N. The van der Waals surface area contributed by atoms with Gasteiger partial charge in [-0.15, -0.1) is 0 Å². The molecule has 1 nitrogen and oxygen atoms in total. The Labute approximate surface area is 55.5 Å². The summed E-state index contributed by atoms with van der Waals surface area (Å²) in [4.78, 5) is 0. The zero-order valence-corrected chi connectivity index (χ0v) is 5.52. The van der Waals surface area contributed by atoms with Gasteiger partial charge in [-0.25, -0.2) is 0 Å². The molecule has 0 atom stereocenters. The zero-order chi connectivity index (χ0) is 6.69. The molecule has 0 bridgehead atoms. The topological polar surface area (TPSA) is 26.0 Å². The summed E-state index contributed by atoms with van der Waals surface area (Å²) < 4.78 is 0. The van der Waals surface area contributed by atoms with Crippen molar-refractivity contribution in [2.24, 2.45) is 5.73 Å². The summed E-state index contributed by atoms with van der Waals surface area (Å²) in [7, 11) is 0. The van der Waals surface area contributed by atoms with Crippen LogP contribution in [0.4, 0.5) is 0 Å². The van der Waals surface area contributed by atoms with E-state index in [1.807, 2.05) is 25.1 Å². The third-order valence-corrected chi connectivity index (χ3v) is 1.41. The van der Waals surface area contributed by atoms with E-state index in [0.717, 1.165) is 0 Å². The normalized spacial score (nSPS) is 9.56. The second-order valence-corrected chi connectivity index (χ2v) is 2.06. The first kappa shape index (κ1) is 6.30. The van der Waals surface area contributed by atoms with Crippen molar-refractivity contribution in [3.63, 3.8) is 0 Å². The van der Waals surface area contributed by atoms with Gasteiger partial charge in [-0.2, -0.15) is 0 Å². The van der Waals surface area contributed by atoms with E-state index < -0.39 is 0 Å². The average molecular weight is 120 g/mol. The molecule has 9 heavy (non-hydrogen) atoms. The second-order valence-electron chi connectivity index (χ2n) is 2.06. The van der Waals surface area contributed by atoms with Gasteiger partial charge >= 0.3 is 0 Å². The third kappa shape index (κ3) is 1.30. The fourth-order valence-corrected chi connectivity index (χ4v) is 0.775. The van der Waals surface area contributed by atoms with E-state index in [1.165, 1.54) is 11.1 Å². The Morgan fingerprint density at radius 1 is 1.67 bits per heavy atom. The number of benzene rings is 1. The Kier molecular flexibility index (Phi) is 1.85. The zero-order valence-electron chi connectivity index (χ0n) is 5.52. The first-order valence-corrected chi connectivity index (χ1v) is 3.00. The van der Waals surface area contributed by atoms with E-state index in [2.05, 4.69) is 6.07 Å². The molecule has 0 aliphatic carbocycles. The molecule has 0 fully saturated rings. The Hall–Kier alpha value is -0.820. The van der Waals surface area contributed by atoms with Crippen molar-refractivity contribution in [2.75, 3.05) is 0 Å². The highest BCUT2D eigenvalue weighted by molar-refractivity contribution is 5.24. The maximum Gasteiger partial charge on any atom is 0.0180 e. The molecule has 0 heterocycles. The van der Waals surface area contributed by atoms with Crippen LogP contribution in [0.2, 0.25) is 0 Å². The number of nitrogens with two attached hydrogens (primary N) is 1. The number of rotatable bonds is 1. The molecule has 1 radical (unpaired) electrons. The van der Waals surface area contributed by atoms with Gasteiger partial charge in [0.15, 0.2) is 0 Å². The molecule has 0 saturated heterocycles. The van der Waals surface area contributed by atoms with Crippen LogP contribution in [0.25, 0.3) is 0 Å². The lowest BCUT2D eigenvalue weighted by Gasteiger charge is -1.98. The van der Waals surface area contributed by atoms with Crippen molar-refractivity contribution in [1.29, 1.82) is 0 Å². The van der Waals surface area contributed by atoms with Crippen LogP contribution < -0.4 is 5.73 Å². The lowest BCUT2D eigenvalue weighted by molar-refractivity contribution is 1.05. The fourth-order valence-electron chi connectivity index (χ4n) is 0.775. The lowest BCUT2D eigenvalue weighted by atomic mass is 10.1. The van der Waals surface area contributed by atoms with Gasteiger partial charge in [-0.1, -0.05) is 18.2 Å². The van der Waals surface area contributed by atoms with Crippen LogP contribution in [0.3, 0.4) is 0 Å². The van der Waals surface area contributed by atoms with Crippen LogP contribution in [-0.2, 0) is 6.54 Å². The van der Waals surface area contributed by atoms with Gasteiger partial charge < -0.3 is 5.73 Å². The molecule has 1 aromatic rings. The summed E-state index contributed by atoms with van der Waals surface area (Å²) >= 11 is 0. The van der Waals surface area contributed by atoms with Gasteiger partial charge in [0.2, 0.25) is 0 Å². The molecule has 0 aromatic heterocycles. The predicted molar refractivity (Wildman–Crippen MR) is 37.9 cm³/mol. The maximum atomic E-state index is 5.44. The quantitative estimate of drug-likeness (QED) is 0.593. The highest BCUT2D eigenvalue weighted by atomic mass is 14.5. The fraction of sp³-hybridized carbons (Fsp3) is 0.250. The van der Waals surface area contributed by atoms with E-state index in [9.17, 15) is 0 Å². The molecular weight excluding hydrogens is 110 g/mol. The van der Waals surface area contributed by atoms with Crippen LogP contribution in [0.5, 0.6) is 0 Å². The minimum atomic E-state index is 0.626. The van der Waals surface area contributed by atoms with Crippen LogP contribution in [0.1, 0.15) is 11.1 Å². The lowest BCUT2D eigenvalue weighted by Crippen LogP contribution is -1.97. The molecule has 0 saturated carbocycles. The molecule has 0 amide bonds. The van der Waals surface area contributed by atoms with Gasteiger partial charge in [0.05, 0.1) is 0 Å². The molecule has 2 N–H and O–H groups in total. The summed E-state index contributed by atoms with van der Waals surface area (Å²) in [6.45, 7) is 2.67. The Bertz CT molecular complexity index is 194. The van der Waals surface area contributed by atoms with E-state index in [1.54, 1.807) is 0 Å². The maximum absolute atomic E-state index is 5.44. The van der Waals surface area contributed by atoms with Crippen molar-refractivity contribution >= 4 is 0 Å². The molecule has 1 aromatic carbocycles. The average Bonchev–Trinajstić information content (AvgIpc) is 1.89. The summed E-state index contributed by atoms with van der Waals surface area (Å²) in [5.41, 5.74) is 7.86. The number of hydrogen-bond acceptors (Lipinski definition) is 1. The van der Waals surface area contributed by atoms with Crippen LogP contribution in [0, 0.1) is 13.0 Å². The Morgan fingerprint density at radius 3 is 2.89 bits per heavy atom. The van der Waals surface area contributed by atoms with E-state index in [4.69, 9.17) is 5.73 Å². The summed E-state index contributed by atoms with van der Waals surface area (Å²) in [5.74, 6) is 0. The van der Waals surface area contributed by atoms with Crippen molar-refractivity contribution in [1.82, 2.24) is 0 Å². The van der Waals surface area contributed by atoms with E-state index >= 15 is 0 Å². The first-order valence-electron chi connectivity index (χ1n) is 3.00. The largest absolute Gasteiger partial charge is 0.326 e. The van der Waals surface area contributed by atoms with Gasteiger partial charge in [0, 0.05) is 6.54 Å². The Morgan fingerprint density at radius 2 is 2.44 bits per heavy atom. The molecule has 0 unspecified atom stereocenters. The molecule has 0 aliphatic rings. The molecule has 0 spiro atoms. The van der Waals surface area contributed by atoms with Gasteiger partial charge in [0.25, 0.3) is 0 Å². The Balaban J connectivity index is 3.01. The smallest absolute Gasteiger partial charge is 0.0180 e. The summed E-state index contributed by atoms with van der Waals surface area (Å²) in [6, 6.07) is 8.81. The SMILES string of the molecule is Cc1c[c]ccc1CN. The summed E-state index contributed by atoms with van der Waals surface area (Å²) in [5, 5.41) is 0. The number of hydrogen-bond donors (Lipinski definition) is 1. The monoisotopic (exact) mass is 120 g/mol. The molecule has 47 valence electrons. The minimum absolute atomic E-state index is 0.626. The van der Waals surface area contributed by atoms with E-state index in [0.29, 0.717) is 6.54 Å². The summed E-state index contributed by atoms with van der Waals surface area (Å²) in [6.07, 6.45) is 0.